The van der Waals surface area contributed by atoms with Crippen LogP contribution in [0, 0.1) is 5.82 Å². The fraction of sp³-hybridized carbons (Fsp3) is 0.333. The number of thiazole rings is 1. The number of aryl methyl sites for hydroxylation is 1. The number of halogens is 1. The average molecular weight is 391 g/mol. The highest BCUT2D eigenvalue weighted by molar-refractivity contribution is 7.15. The lowest BCUT2D eigenvalue weighted by Crippen LogP contribution is -2.14. The van der Waals surface area contributed by atoms with Crippen molar-refractivity contribution in [2.24, 2.45) is 0 Å². The predicted molar refractivity (Wildman–Crippen MR) is 103 cm³/mol. The van der Waals surface area contributed by atoms with E-state index in [1.807, 2.05) is 5.38 Å². The lowest BCUT2D eigenvalue weighted by molar-refractivity contribution is -0.115. The summed E-state index contributed by atoms with van der Waals surface area (Å²) >= 11 is 2.85. The van der Waals surface area contributed by atoms with E-state index in [-0.39, 0.29) is 18.1 Å². The molecular formula is C18H19FN4OS2. The van der Waals surface area contributed by atoms with E-state index in [9.17, 15) is 9.18 Å². The first-order valence-corrected chi connectivity index (χ1v) is 10.2. The Morgan fingerprint density at radius 1 is 1.19 bits per heavy atom. The van der Waals surface area contributed by atoms with Crippen LogP contribution in [0.4, 0.5) is 9.52 Å². The Bertz CT molecular complexity index is 860. The number of unbranched alkanes of at least 4 members (excludes halogenated alkanes) is 2. The zero-order valence-electron chi connectivity index (χ0n) is 14.4. The number of hydrogen-bond donors (Lipinski definition) is 1. The molecule has 1 aromatic carbocycles. The predicted octanol–water partition coefficient (Wildman–Crippen LogP) is 4.71. The Hall–Kier alpha value is -2.19. The van der Waals surface area contributed by atoms with Gasteiger partial charge in [-0.1, -0.05) is 31.1 Å². The highest BCUT2D eigenvalue weighted by Gasteiger charge is 2.12. The molecule has 0 unspecified atom stereocenters. The first kappa shape index (κ1) is 18.6. The van der Waals surface area contributed by atoms with Crippen molar-refractivity contribution in [1.82, 2.24) is 15.2 Å². The van der Waals surface area contributed by atoms with Gasteiger partial charge in [-0.3, -0.25) is 4.79 Å². The van der Waals surface area contributed by atoms with Gasteiger partial charge in [0.2, 0.25) is 11.0 Å². The molecule has 0 aliphatic heterocycles. The molecule has 136 valence electrons. The maximum absolute atomic E-state index is 13.0. The Balaban J connectivity index is 1.54. The van der Waals surface area contributed by atoms with Gasteiger partial charge in [0.05, 0.1) is 12.1 Å². The van der Waals surface area contributed by atoms with E-state index in [1.165, 1.54) is 41.2 Å². The standard InChI is InChI=1S/C18H19FN4OS2/c1-2-3-4-5-16-22-23-18(26-16)21-15(24)10-14-11-25-17(20-14)12-6-8-13(19)9-7-12/h6-9,11H,2-5,10H2,1H3,(H,21,23,24). The highest BCUT2D eigenvalue weighted by atomic mass is 32.1. The number of nitrogens with zero attached hydrogens (tertiary/aromatic N) is 3. The Morgan fingerprint density at radius 3 is 2.77 bits per heavy atom. The fourth-order valence-electron chi connectivity index (χ4n) is 2.37. The van der Waals surface area contributed by atoms with E-state index < -0.39 is 0 Å². The van der Waals surface area contributed by atoms with Gasteiger partial charge in [-0.2, -0.15) is 0 Å². The number of carbonyl (C=O) groups excluding carboxylic acids is 1. The zero-order valence-corrected chi connectivity index (χ0v) is 16.0. The van der Waals surface area contributed by atoms with Crippen molar-refractivity contribution >= 4 is 33.7 Å². The average Bonchev–Trinajstić information content (AvgIpc) is 3.25. The molecule has 5 nitrogen and oxygen atoms in total. The molecular weight excluding hydrogens is 371 g/mol. The SMILES string of the molecule is CCCCCc1nnc(NC(=O)Cc2csc(-c3ccc(F)cc3)n2)s1. The number of aromatic nitrogens is 3. The number of amides is 1. The molecule has 0 spiro atoms. The molecule has 0 radical (unpaired) electrons. The molecule has 0 saturated carbocycles. The van der Waals surface area contributed by atoms with Gasteiger partial charge < -0.3 is 5.32 Å². The number of nitrogens with one attached hydrogen (secondary N) is 1. The number of benzene rings is 1. The Labute approximate surface area is 159 Å². The lowest BCUT2D eigenvalue weighted by atomic mass is 10.2. The molecule has 0 bridgehead atoms. The van der Waals surface area contributed by atoms with E-state index in [0.717, 1.165) is 34.8 Å². The van der Waals surface area contributed by atoms with Crippen molar-refractivity contribution in [3.05, 3.63) is 46.2 Å². The first-order valence-electron chi connectivity index (χ1n) is 8.46. The molecule has 0 aliphatic carbocycles. The molecule has 2 aromatic heterocycles. The smallest absolute Gasteiger partial charge is 0.232 e. The summed E-state index contributed by atoms with van der Waals surface area (Å²) in [5.41, 5.74) is 1.52. The normalized spacial score (nSPS) is 10.8. The molecule has 0 saturated heterocycles. The van der Waals surface area contributed by atoms with E-state index in [1.54, 1.807) is 12.1 Å². The summed E-state index contributed by atoms with van der Waals surface area (Å²) in [6.45, 7) is 2.16. The topological polar surface area (TPSA) is 67.8 Å². The van der Waals surface area contributed by atoms with Crippen LogP contribution < -0.4 is 5.32 Å². The highest BCUT2D eigenvalue weighted by Crippen LogP contribution is 2.24. The van der Waals surface area contributed by atoms with Gasteiger partial charge in [0.1, 0.15) is 15.8 Å². The minimum absolute atomic E-state index is 0.169. The van der Waals surface area contributed by atoms with Gasteiger partial charge >= 0.3 is 0 Å². The Morgan fingerprint density at radius 2 is 2.00 bits per heavy atom. The third-order valence-corrected chi connectivity index (χ3v) is 5.53. The second kappa shape index (κ2) is 8.95. The summed E-state index contributed by atoms with van der Waals surface area (Å²) in [7, 11) is 0. The maximum Gasteiger partial charge on any atom is 0.232 e. The van der Waals surface area contributed by atoms with Crippen LogP contribution in [0.15, 0.2) is 29.6 Å². The Kier molecular flexibility index (Phi) is 6.40. The summed E-state index contributed by atoms with van der Waals surface area (Å²) in [4.78, 5) is 16.6. The summed E-state index contributed by atoms with van der Waals surface area (Å²) in [6.07, 6.45) is 4.48. The molecule has 8 heteroatoms. The maximum atomic E-state index is 13.0. The van der Waals surface area contributed by atoms with Crippen LogP contribution in [0.1, 0.15) is 36.9 Å². The quantitative estimate of drug-likeness (QED) is 0.565. The van der Waals surface area contributed by atoms with Gasteiger partial charge in [0.25, 0.3) is 0 Å². The minimum Gasteiger partial charge on any atom is -0.300 e. The van der Waals surface area contributed by atoms with Crippen molar-refractivity contribution < 1.29 is 9.18 Å². The number of anilines is 1. The molecule has 3 aromatic rings. The van der Waals surface area contributed by atoms with E-state index in [2.05, 4.69) is 27.4 Å². The number of rotatable bonds is 8. The largest absolute Gasteiger partial charge is 0.300 e. The minimum atomic E-state index is -0.281. The third kappa shape index (κ3) is 5.15. The van der Waals surface area contributed by atoms with Crippen LogP contribution in [-0.4, -0.2) is 21.1 Å². The zero-order chi connectivity index (χ0) is 18.4. The number of carbonyl (C=O) groups is 1. The molecule has 0 fully saturated rings. The second-order valence-electron chi connectivity index (χ2n) is 5.83. The van der Waals surface area contributed by atoms with E-state index >= 15 is 0 Å². The van der Waals surface area contributed by atoms with Gasteiger partial charge in [0.15, 0.2) is 0 Å². The fourth-order valence-corrected chi connectivity index (χ4v) is 4.00. The van der Waals surface area contributed by atoms with Crippen LogP contribution in [0.3, 0.4) is 0 Å². The molecule has 26 heavy (non-hydrogen) atoms. The van der Waals surface area contributed by atoms with Crippen molar-refractivity contribution in [3.8, 4) is 10.6 Å². The van der Waals surface area contributed by atoms with Crippen molar-refractivity contribution in [1.29, 1.82) is 0 Å². The molecule has 1 amide bonds. The van der Waals surface area contributed by atoms with Crippen LogP contribution in [-0.2, 0) is 17.6 Å². The molecule has 2 heterocycles. The van der Waals surface area contributed by atoms with Crippen LogP contribution in [0.5, 0.6) is 0 Å². The number of hydrogen-bond acceptors (Lipinski definition) is 6. The van der Waals surface area contributed by atoms with Crippen molar-refractivity contribution in [2.45, 2.75) is 39.0 Å². The summed E-state index contributed by atoms with van der Waals surface area (Å²) < 4.78 is 13.0. The van der Waals surface area contributed by atoms with Gasteiger partial charge in [0, 0.05) is 17.4 Å². The summed E-state index contributed by atoms with van der Waals surface area (Å²) in [5, 5.41) is 15.0. The van der Waals surface area contributed by atoms with Crippen molar-refractivity contribution in [3.63, 3.8) is 0 Å². The molecule has 0 atom stereocenters. The van der Waals surface area contributed by atoms with Gasteiger partial charge in [-0.25, -0.2) is 9.37 Å². The first-order chi connectivity index (χ1) is 12.6. The molecule has 0 aliphatic rings. The summed E-state index contributed by atoms with van der Waals surface area (Å²) in [6, 6.07) is 6.16. The van der Waals surface area contributed by atoms with Gasteiger partial charge in [-0.15, -0.1) is 21.5 Å². The third-order valence-electron chi connectivity index (χ3n) is 3.69. The van der Waals surface area contributed by atoms with E-state index in [4.69, 9.17) is 0 Å². The second-order valence-corrected chi connectivity index (χ2v) is 7.75. The molecule has 1 N–H and O–H groups in total. The van der Waals surface area contributed by atoms with Crippen LogP contribution in [0.2, 0.25) is 0 Å². The van der Waals surface area contributed by atoms with Gasteiger partial charge in [-0.05, 0) is 30.7 Å². The van der Waals surface area contributed by atoms with Crippen molar-refractivity contribution in [2.75, 3.05) is 5.32 Å². The summed E-state index contributed by atoms with van der Waals surface area (Å²) in [5.74, 6) is -0.451. The molecule has 3 rings (SSSR count). The van der Waals surface area contributed by atoms with E-state index in [0.29, 0.717) is 10.8 Å². The lowest BCUT2D eigenvalue weighted by Gasteiger charge is -1.98. The van der Waals surface area contributed by atoms with Crippen LogP contribution in [0.25, 0.3) is 10.6 Å². The monoisotopic (exact) mass is 390 g/mol. The van der Waals surface area contributed by atoms with Crippen LogP contribution >= 0.6 is 22.7 Å².